The minimum Gasteiger partial charge on any atom is -0.492 e. The van der Waals surface area contributed by atoms with E-state index in [0.717, 1.165) is 25.4 Å². The van der Waals surface area contributed by atoms with Crippen LogP contribution in [-0.2, 0) is 13.1 Å². The maximum Gasteiger partial charge on any atom is 0.119 e. The van der Waals surface area contributed by atoms with E-state index in [2.05, 4.69) is 56.8 Å². The highest BCUT2D eigenvalue weighted by Gasteiger charge is 2.03. The lowest BCUT2D eigenvalue weighted by molar-refractivity contribution is 0.233. The fourth-order valence-electron chi connectivity index (χ4n) is 2.05. The van der Waals surface area contributed by atoms with Crippen LogP contribution >= 0.6 is 27.3 Å². The molecule has 0 aliphatic carbocycles. The first-order valence-corrected chi connectivity index (χ1v) is 8.62. The van der Waals surface area contributed by atoms with Gasteiger partial charge in [0.1, 0.15) is 12.4 Å². The Bertz CT molecular complexity index is 541. The molecule has 5 heteroatoms. The second-order valence-electron chi connectivity index (χ2n) is 5.02. The number of ether oxygens (including phenoxy) is 1. The Morgan fingerprint density at radius 2 is 2.00 bits per heavy atom. The van der Waals surface area contributed by atoms with E-state index in [1.54, 1.807) is 11.3 Å². The van der Waals surface area contributed by atoms with Crippen molar-refractivity contribution >= 4 is 27.3 Å². The van der Waals surface area contributed by atoms with E-state index in [1.807, 2.05) is 19.2 Å². The normalized spacial score (nSPS) is 11.0. The van der Waals surface area contributed by atoms with Gasteiger partial charge in [0.25, 0.3) is 0 Å². The van der Waals surface area contributed by atoms with Crippen LogP contribution in [0.15, 0.2) is 39.5 Å². The van der Waals surface area contributed by atoms with Gasteiger partial charge in [0.15, 0.2) is 0 Å². The molecule has 3 nitrogen and oxygen atoms in total. The number of likely N-dealkylation sites (N-methyl/N-ethyl adjacent to an activating group) is 1. The van der Waals surface area contributed by atoms with Crippen LogP contribution in [0.1, 0.15) is 11.1 Å². The van der Waals surface area contributed by atoms with Gasteiger partial charge in [0.05, 0.1) is 3.79 Å². The minimum atomic E-state index is 0.702. The SMILES string of the molecule is CNCc1ccc(OCCN(C)Cc2csc(Br)c2)cc1. The molecule has 1 heterocycles. The molecule has 0 aliphatic rings. The maximum absolute atomic E-state index is 5.78. The minimum absolute atomic E-state index is 0.702. The fraction of sp³-hybridized carbons (Fsp3) is 0.375. The van der Waals surface area contributed by atoms with E-state index < -0.39 is 0 Å². The Balaban J connectivity index is 1.70. The van der Waals surface area contributed by atoms with E-state index in [9.17, 15) is 0 Å². The highest BCUT2D eigenvalue weighted by Crippen LogP contribution is 2.21. The number of nitrogens with one attached hydrogen (secondary N) is 1. The van der Waals surface area contributed by atoms with E-state index in [4.69, 9.17) is 4.74 Å². The predicted molar refractivity (Wildman–Crippen MR) is 93.1 cm³/mol. The van der Waals surface area contributed by atoms with Gasteiger partial charge in [-0.1, -0.05) is 12.1 Å². The first-order valence-electron chi connectivity index (χ1n) is 6.95. The Labute approximate surface area is 139 Å². The summed E-state index contributed by atoms with van der Waals surface area (Å²) in [6.45, 7) is 3.45. The summed E-state index contributed by atoms with van der Waals surface area (Å²) in [5.41, 5.74) is 2.61. The first-order chi connectivity index (χ1) is 10.2. The number of halogens is 1. The summed E-state index contributed by atoms with van der Waals surface area (Å²) in [6, 6.07) is 10.4. The van der Waals surface area contributed by atoms with Gasteiger partial charge in [-0.2, -0.15) is 0 Å². The van der Waals surface area contributed by atoms with Crippen LogP contribution in [0.4, 0.5) is 0 Å². The summed E-state index contributed by atoms with van der Waals surface area (Å²) in [6.07, 6.45) is 0. The molecule has 0 radical (unpaired) electrons. The standard InChI is InChI=1S/C16H21BrN2OS/c1-18-10-13-3-5-15(6-4-13)20-8-7-19(2)11-14-9-16(17)21-12-14/h3-6,9,12,18H,7-8,10-11H2,1-2H3. The third-order valence-corrected chi connectivity index (χ3v) is 4.67. The van der Waals surface area contributed by atoms with Crippen LogP contribution in [-0.4, -0.2) is 32.1 Å². The average Bonchev–Trinajstić information content (AvgIpc) is 2.86. The van der Waals surface area contributed by atoms with Crippen LogP contribution in [0, 0.1) is 0 Å². The third-order valence-electron chi connectivity index (χ3n) is 3.12. The van der Waals surface area contributed by atoms with Crippen molar-refractivity contribution in [1.82, 2.24) is 10.2 Å². The molecule has 0 amide bonds. The number of thiophene rings is 1. The van der Waals surface area contributed by atoms with Crippen LogP contribution in [0.5, 0.6) is 5.75 Å². The molecular formula is C16H21BrN2OS. The molecule has 0 bridgehead atoms. The lowest BCUT2D eigenvalue weighted by Gasteiger charge is -2.16. The number of hydrogen-bond acceptors (Lipinski definition) is 4. The number of hydrogen-bond donors (Lipinski definition) is 1. The zero-order valence-corrected chi connectivity index (χ0v) is 14.8. The summed E-state index contributed by atoms with van der Waals surface area (Å²) in [5, 5.41) is 5.32. The molecule has 1 aromatic carbocycles. The van der Waals surface area contributed by atoms with Crippen LogP contribution in [0.25, 0.3) is 0 Å². The highest BCUT2D eigenvalue weighted by molar-refractivity contribution is 9.11. The summed E-state index contributed by atoms with van der Waals surface area (Å²) < 4.78 is 6.97. The van der Waals surface area contributed by atoms with E-state index in [0.29, 0.717) is 6.61 Å². The summed E-state index contributed by atoms with van der Waals surface area (Å²) in [7, 11) is 4.07. The summed E-state index contributed by atoms with van der Waals surface area (Å²) >= 11 is 5.22. The molecule has 114 valence electrons. The first kappa shape index (κ1) is 16.5. The van der Waals surface area contributed by atoms with Gasteiger partial charge in [-0.3, -0.25) is 4.90 Å². The van der Waals surface area contributed by atoms with Crippen molar-refractivity contribution in [2.45, 2.75) is 13.1 Å². The number of rotatable bonds is 8. The second-order valence-corrected chi connectivity index (χ2v) is 7.31. The Kier molecular flexibility index (Phi) is 6.70. The summed E-state index contributed by atoms with van der Waals surface area (Å²) in [5.74, 6) is 0.932. The van der Waals surface area contributed by atoms with Crippen LogP contribution < -0.4 is 10.1 Å². The second kappa shape index (κ2) is 8.54. The smallest absolute Gasteiger partial charge is 0.119 e. The van der Waals surface area contributed by atoms with Crippen molar-refractivity contribution in [2.24, 2.45) is 0 Å². The van der Waals surface area contributed by atoms with E-state index in [-0.39, 0.29) is 0 Å². The van der Waals surface area contributed by atoms with E-state index >= 15 is 0 Å². The van der Waals surface area contributed by atoms with Crippen molar-refractivity contribution in [2.75, 3.05) is 27.2 Å². The van der Waals surface area contributed by atoms with Crippen LogP contribution in [0.3, 0.4) is 0 Å². The molecule has 0 spiro atoms. The molecule has 2 aromatic rings. The van der Waals surface area contributed by atoms with Crippen molar-refractivity contribution in [1.29, 1.82) is 0 Å². The number of nitrogens with zero attached hydrogens (tertiary/aromatic N) is 1. The van der Waals surface area contributed by atoms with Crippen molar-refractivity contribution in [3.05, 3.63) is 50.6 Å². The van der Waals surface area contributed by atoms with Crippen molar-refractivity contribution in [3.8, 4) is 5.75 Å². The largest absolute Gasteiger partial charge is 0.492 e. The van der Waals surface area contributed by atoms with Crippen molar-refractivity contribution in [3.63, 3.8) is 0 Å². The van der Waals surface area contributed by atoms with E-state index in [1.165, 1.54) is 14.9 Å². The molecule has 1 aromatic heterocycles. The quantitative estimate of drug-likeness (QED) is 0.767. The van der Waals surface area contributed by atoms with Gasteiger partial charge in [-0.25, -0.2) is 0 Å². The van der Waals surface area contributed by atoms with Gasteiger partial charge >= 0.3 is 0 Å². The molecule has 21 heavy (non-hydrogen) atoms. The zero-order valence-electron chi connectivity index (χ0n) is 12.4. The molecular weight excluding hydrogens is 348 g/mol. The van der Waals surface area contributed by atoms with Gasteiger partial charge in [0, 0.05) is 19.6 Å². The zero-order chi connectivity index (χ0) is 15.1. The van der Waals surface area contributed by atoms with Crippen molar-refractivity contribution < 1.29 is 4.74 Å². The van der Waals surface area contributed by atoms with Gasteiger partial charge in [0.2, 0.25) is 0 Å². The number of benzene rings is 1. The molecule has 0 saturated carbocycles. The van der Waals surface area contributed by atoms with Gasteiger partial charge in [-0.15, -0.1) is 11.3 Å². The monoisotopic (exact) mass is 368 g/mol. The topological polar surface area (TPSA) is 24.5 Å². The fourth-order valence-corrected chi connectivity index (χ4v) is 3.25. The molecule has 2 rings (SSSR count). The molecule has 0 atom stereocenters. The van der Waals surface area contributed by atoms with Gasteiger partial charge in [-0.05, 0) is 64.7 Å². The average molecular weight is 369 g/mol. The lowest BCUT2D eigenvalue weighted by Crippen LogP contribution is -2.23. The third kappa shape index (κ3) is 5.79. The highest BCUT2D eigenvalue weighted by atomic mass is 79.9. The Hall–Kier alpha value is -0.880. The maximum atomic E-state index is 5.78. The van der Waals surface area contributed by atoms with Crippen LogP contribution in [0.2, 0.25) is 0 Å². The molecule has 0 aliphatic heterocycles. The lowest BCUT2D eigenvalue weighted by atomic mass is 10.2. The Morgan fingerprint density at radius 3 is 2.62 bits per heavy atom. The molecule has 0 saturated heterocycles. The molecule has 1 N–H and O–H groups in total. The van der Waals surface area contributed by atoms with Gasteiger partial charge < -0.3 is 10.1 Å². The predicted octanol–water partition coefficient (Wildman–Crippen LogP) is 3.74. The Morgan fingerprint density at radius 1 is 1.24 bits per heavy atom. The molecule has 0 fully saturated rings. The summed E-state index contributed by atoms with van der Waals surface area (Å²) in [4.78, 5) is 2.27. The molecule has 0 unspecified atom stereocenters.